The van der Waals surface area contributed by atoms with Gasteiger partial charge in [-0.3, -0.25) is 14.9 Å². The topological polar surface area (TPSA) is 66.5 Å². The Labute approximate surface area is 127 Å². The summed E-state index contributed by atoms with van der Waals surface area (Å²) in [6.45, 7) is 8.21. The van der Waals surface area contributed by atoms with Gasteiger partial charge in [0.15, 0.2) is 5.96 Å². The molecular formula is C16H27N5. The summed E-state index contributed by atoms with van der Waals surface area (Å²) in [5.41, 5.74) is 8.47. The van der Waals surface area contributed by atoms with E-state index in [1.807, 2.05) is 12.4 Å². The summed E-state index contributed by atoms with van der Waals surface area (Å²) in [7, 11) is 0. The van der Waals surface area contributed by atoms with Crippen LogP contribution < -0.4 is 11.1 Å². The fourth-order valence-corrected chi connectivity index (χ4v) is 2.89. The Morgan fingerprint density at radius 1 is 1.57 bits per heavy atom. The number of hydrogen-bond acceptors (Lipinski definition) is 3. The van der Waals surface area contributed by atoms with E-state index in [0.29, 0.717) is 12.0 Å². The van der Waals surface area contributed by atoms with Gasteiger partial charge in [0.2, 0.25) is 0 Å². The van der Waals surface area contributed by atoms with Gasteiger partial charge >= 0.3 is 0 Å². The average molecular weight is 289 g/mol. The van der Waals surface area contributed by atoms with Crippen molar-refractivity contribution in [1.82, 2.24) is 15.2 Å². The van der Waals surface area contributed by atoms with Gasteiger partial charge in [-0.2, -0.15) is 0 Å². The maximum absolute atomic E-state index is 5.95. The fourth-order valence-electron chi connectivity index (χ4n) is 2.89. The third-order valence-corrected chi connectivity index (χ3v) is 4.21. The summed E-state index contributed by atoms with van der Waals surface area (Å²) in [5.74, 6) is 0.560. The van der Waals surface area contributed by atoms with Crippen LogP contribution in [0.1, 0.15) is 30.9 Å². The zero-order valence-electron chi connectivity index (χ0n) is 13.2. The Morgan fingerprint density at radius 3 is 3.19 bits per heavy atom. The molecule has 0 amide bonds. The first-order chi connectivity index (χ1) is 10.2. The van der Waals surface area contributed by atoms with Crippen molar-refractivity contribution in [3.05, 3.63) is 29.6 Å². The number of aliphatic imine (C=N–C) groups is 1. The summed E-state index contributed by atoms with van der Waals surface area (Å²) in [6, 6.07) is 2.62. The molecule has 0 aromatic carbocycles. The third-order valence-electron chi connectivity index (χ3n) is 4.21. The summed E-state index contributed by atoms with van der Waals surface area (Å²) in [4.78, 5) is 11.1. The summed E-state index contributed by atoms with van der Waals surface area (Å²) < 4.78 is 0. The average Bonchev–Trinajstić information content (AvgIpc) is 2.94. The second kappa shape index (κ2) is 7.98. The van der Waals surface area contributed by atoms with E-state index < -0.39 is 0 Å². The minimum Gasteiger partial charge on any atom is -0.370 e. The molecule has 0 bridgehead atoms. The smallest absolute Gasteiger partial charge is 0.188 e. The van der Waals surface area contributed by atoms with Crippen LogP contribution in [0, 0.1) is 6.92 Å². The maximum atomic E-state index is 5.95. The van der Waals surface area contributed by atoms with E-state index >= 15 is 0 Å². The van der Waals surface area contributed by atoms with Crippen LogP contribution in [0.15, 0.2) is 23.5 Å². The highest BCUT2D eigenvalue weighted by atomic mass is 15.2. The molecule has 1 aliphatic rings. The maximum Gasteiger partial charge on any atom is 0.188 e. The van der Waals surface area contributed by atoms with Crippen LogP contribution in [0.2, 0.25) is 0 Å². The molecule has 1 aliphatic heterocycles. The Morgan fingerprint density at radius 2 is 2.43 bits per heavy atom. The molecule has 116 valence electrons. The van der Waals surface area contributed by atoms with Crippen molar-refractivity contribution in [2.75, 3.05) is 26.2 Å². The minimum absolute atomic E-state index is 0.560. The van der Waals surface area contributed by atoms with E-state index in [4.69, 9.17) is 5.73 Å². The molecule has 21 heavy (non-hydrogen) atoms. The highest BCUT2D eigenvalue weighted by molar-refractivity contribution is 5.77. The number of hydrogen-bond donors (Lipinski definition) is 2. The SMILES string of the molecule is CCN1CCCC1CN=C(N)NCCc1ccncc1C. The van der Waals surface area contributed by atoms with Gasteiger partial charge in [0.25, 0.3) is 0 Å². The molecule has 3 N–H and O–H groups in total. The van der Waals surface area contributed by atoms with E-state index in [0.717, 1.165) is 26.1 Å². The molecule has 2 rings (SSSR count). The number of rotatable bonds is 6. The van der Waals surface area contributed by atoms with Crippen molar-refractivity contribution in [3.63, 3.8) is 0 Å². The van der Waals surface area contributed by atoms with Crippen LogP contribution in [0.5, 0.6) is 0 Å². The molecule has 1 fully saturated rings. The Hall–Kier alpha value is -1.62. The number of likely N-dealkylation sites (tertiary alicyclic amines) is 1. The van der Waals surface area contributed by atoms with Crippen LogP contribution in [-0.2, 0) is 6.42 Å². The molecule has 1 aromatic rings. The lowest BCUT2D eigenvalue weighted by Crippen LogP contribution is -2.36. The fraction of sp³-hybridized carbons (Fsp3) is 0.625. The number of aromatic nitrogens is 1. The lowest BCUT2D eigenvalue weighted by molar-refractivity contribution is 0.273. The van der Waals surface area contributed by atoms with Gasteiger partial charge in [0, 0.05) is 25.0 Å². The van der Waals surface area contributed by atoms with Crippen molar-refractivity contribution < 1.29 is 0 Å². The molecule has 5 nitrogen and oxygen atoms in total. The highest BCUT2D eigenvalue weighted by Crippen LogP contribution is 2.16. The quantitative estimate of drug-likeness (QED) is 0.612. The predicted molar refractivity (Wildman–Crippen MR) is 87.4 cm³/mol. The molecule has 0 radical (unpaired) electrons. The predicted octanol–water partition coefficient (Wildman–Crippen LogP) is 1.32. The Balaban J connectivity index is 1.73. The van der Waals surface area contributed by atoms with E-state index in [1.54, 1.807) is 0 Å². The molecule has 1 aromatic heterocycles. The van der Waals surface area contributed by atoms with Gasteiger partial charge in [-0.15, -0.1) is 0 Å². The molecule has 0 saturated carbocycles. The number of pyridine rings is 1. The minimum atomic E-state index is 0.560. The second-order valence-corrected chi connectivity index (χ2v) is 5.63. The van der Waals surface area contributed by atoms with Crippen molar-refractivity contribution in [1.29, 1.82) is 0 Å². The number of aryl methyl sites for hydroxylation is 1. The van der Waals surface area contributed by atoms with Crippen LogP contribution in [0.25, 0.3) is 0 Å². The third kappa shape index (κ3) is 4.70. The van der Waals surface area contributed by atoms with Crippen LogP contribution >= 0.6 is 0 Å². The first-order valence-electron chi connectivity index (χ1n) is 7.88. The molecule has 1 saturated heterocycles. The van der Waals surface area contributed by atoms with Crippen molar-refractivity contribution in [2.45, 2.75) is 39.2 Å². The molecular weight excluding hydrogens is 262 g/mol. The van der Waals surface area contributed by atoms with Gasteiger partial charge in [-0.05, 0) is 56.5 Å². The van der Waals surface area contributed by atoms with E-state index in [1.165, 1.54) is 30.5 Å². The second-order valence-electron chi connectivity index (χ2n) is 5.63. The van der Waals surface area contributed by atoms with Crippen LogP contribution in [-0.4, -0.2) is 48.1 Å². The number of likely N-dealkylation sites (N-methyl/N-ethyl adjacent to an activating group) is 1. The van der Waals surface area contributed by atoms with E-state index in [9.17, 15) is 0 Å². The molecule has 1 atom stereocenters. The first kappa shape index (κ1) is 15.8. The van der Waals surface area contributed by atoms with Gasteiger partial charge in [-0.1, -0.05) is 6.92 Å². The van der Waals surface area contributed by atoms with Crippen LogP contribution in [0.4, 0.5) is 0 Å². The van der Waals surface area contributed by atoms with Crippen molar-refractivity contribution in [3.8, 4) is 0 Å². The first-order valence-corrected chi connectivity index (χ1v) is 7.88. The Kier molecular flexibility index (Phi) is 5.99. The molecule has 0 spiro atoms. The van der Waals surface area contributed by atoms with Gasteiger partial charge in [0.1, 0.15) is 0 Å². The zero-order valence-corrected chi connectivity index (χ0v) is 13.2. The van der Waals surface area contributed by atoms with Gasteiger partial charge < -0.3 is 11.1 Å². The number of nitrogens with one attached hydrogen (secondary N) is 1. The van der Waals surface area contributed by atoms with Gasteiger partial charge in [0.05, 0.1) is 6.54 Å². The molecule has 1 unspecified atom stereocenters. The molecule has 5 heteroatoms. The normalized spacial score (nSPS) is 19.9. The molecule has 2 heterocycles. The lowest BCUT2D eigenvalue weighted by atomic mass is 10.1. The number of guanidine groups is 1. The number of nitrogens with zero attached hydrogens (tertiary/aromatic N) is 3. The molecule has 0 aliphatic carbocycles. The summed E-state index contributed by atoms with van der Waals surface area (Å²) >= 11 is 0. The summed E-state index contributed by atoms with van der Waals surface area (Å²) in [5, 5.41) is 3.20. The van der Waals surface area contributed by atoms with E-state index in [-0.39, 0.29) is 0 Å². The largest absolute Gasteiger partial charge is 0.370 e. The number of nitrogens with two attached hydrogens (primary N) is 1. The van der Waals surface area contributed by atoms with Crippen molar-refractivity contribution in [2.24, 2.45) is 10.7 Å². The van der Waals surface area contributed by atoms with Gasteiger partial charge in [-0.25, -0.2) is 0 Å². The monoisotopic (exact) mass is 289 g/mol. The lowest BCUT2D eigenvalue weighted by Gasteiger charge is -2.21. The summed E-state index contributed by atoms with van der Waals surface area (Å²) in [6.07, 6.45) is 7.18. The van der Waals surface area contributed by atoms with E-state index in [2.05, 4.69) is 40.1 Å². The van der Waals surface area contributed by atoms with Crippen molar-refractivity contribution >= 4 is 5.96 Å². The standard InChI is InChI=1S/C16H27N5/c1-3-21-10-4-5-15(21)12-20-16(17)19-9-7-14-6-8-18-11-13(14)2/h6,8,11,15H,3-5,7,9-10,12H2,1-2H3,(H3,17,19,20). The van der Waals surface area contributed by atoms with Crippen LogP contribution in [0.3, 0.4) is 0 Å². The Bertz CT molecular complexity index is 471. The highest BCUT2D eigenvalue weighted by Gasteiger charge is 2.22. The zero-order chi connectivity index (χ0) is 15.1.